The van der Waals surface area contributed by atoms with E-state index in [1.165, 1.54) is 6.08 Å². The molecule has 1 saturated heterocycles. The van der Waals surface area contributed by atoms with E-state index in [2.05, 4.69) is 36.0 Å². The first-order chi connectivity index (χ1) is 10.9. The lowest BCUT2D eigenvalue weighted by molar-refractivity contribution is -0.124. The summed E-state index contributed by atoms with van der Waals surface area (Å²) in [6, 6.07) is 4.22. The van der Waals surface area contributed by atoms with Gasteiger partial charge in [0.2, 0.25) is 0 Å². The first-order valence-corrected chi connectivity index (χ1v) is 7.93. The molecule has 25 heavy (non-hydrogen) atoms. The predicted octanol–water partition coefficient (Wildman–Crippen LogP) is 2.98. The van der Waals surface area contributed by atoms with Gasteiger partial charge in [0.25, 0.3) is 5.91 Å². The Labute approximate surface area is 161 Å². The topological polar surface area (TPSA) is 77.5 Å². The number of anilines is 1. The number of nitrogens with zero attached hydrogens (tertiary/aromatic N) is 2. The maximum absolute atomic E-state index is 10.9. The Kier molecular flexibility index (Phi) is 10.0. The van der Waals surface area contributed by atoms with Crippen molar-refractivity contribution in [3.8, 4) is 0 Å². The molecule has 6 nitrogen and oxygen atoms in total. The average molecular weight is 391 g/mol. The van der Waals surface area contributed by atoms with E-state index in [0.29, 0.717) is 11.5 Å². The molecule has 0 bridgehead atoms. The summed E-state index contributed by atoms with van der Waals surface area (Å²) in [5, 5.41) is 11.9. The van der Waals surface area contributed by atoms with Crippen molar-refractivity contribution in [2.45, 2.75) is 33.2 Å². The first kappa shape index (κ1) is 23.7. The first-order valence-electron chi connectivity index (χ1n) is 7.93. The van der Waals surface area contributed by atoms with Gasteiger partial charge in [-0.15, -0.1) is 24.8 Å². The van der Waals surface area contributed by atoms with Crippen LogP contribution in [0.2, 0.25) is 0 Å². The average Bonchev–Trinajstić information content (AvgIpc) is 2.91. The molecule has 1 aromatic rings. The van der Waals surface area contributed by atoms with Crippen LogP contribution in [0.3, 0.4) is 0 Å². The minimum absolute atomic E-state index is 0. The van der Waals surface area contributed by atoms with E-state index < -0.39 is 5.91 Å². The molecule has 1 aliphatic rings. The van der Waals surface area contributed by atoms with Crippen LogP contribution < -0.4 is 10.8 Å². The van der Waals surface area contributed by atoms with Gasteiger partial charge >= 0.3 is 0 Å². The highest BCUT2D eigenvalue weighted by atomic mass is 35.5. The Morgan fingerprint density at radius 1 is 1.40 bits per heavy atom. The van der Waals surface area contributed by atoms with Crippen LogP contribution in [0.25, 0.3) is 6.08 Å². The summed E-state index contributed by atoms with van der Waals surface area (Å²) in [5.41, 5.74) is 2.68. The van der Waals surface area contributed by atoms with Crippen LogP contribution >= 0.6 is 24.8 Å². The summed E-state index contributed by atoms with van der Waals surface area (Å²) in [7, 11) is 0. The number of rotatable bonds is 5. The highest BCUT2D eigenvalue weighted by molar-refractivity contribution is 5.90. The van der Waals surface area contributed by atoms with Gasteiger partial charge in [0.15, 0.2) is 0 Å². The van der Waals surface area contributed by atoms with Gasteiger partial charge in [-0.05, 0) is 35.6 Å². The number of likely N-dealkylation sites (tertiary alicyclic amines) is 1. The molecular formula is C17H28Cl2N4O2. The summed E-state index contributed by atoms with van der Waals surface area (Å²) in [6.45, 7) is 10.0. The summed E-state index contributed by atoms with van der Waals surface area (Å²) in [6.07, 6.45) is 5.68. The molecule has 1 atom stereocenters. The lowest BCUT2D eigenvalue weighted by Crippen LogP contribution is -2.33. The molecule has 0 saturated carbocycles. The number of hydrogen-bond acceptors (Lipinski definition) is 5. The van der Waals surface area contributed by atoms with Crippen LogP contribution in [0.5, 0.6) is 0 Å². The van der Waals surface area contributed by atoms with E-state index in [1.807, 2.05) is 12.1 Å². The van der Waals surface area contributed by atoms with Crippen molar-refractivity contribution in [1.29, 1.82) is 0 Å². The smallest absolute Gasteiger partial charge is 0.267 e. The second-order valence-corrected chi connectivity index (χ2v) is 7.21. The van der Waals surface area contributed by atoms with Gasteiger partial charge in [-0.3, -0.25) is 10.0 Å². The number of pyridine rings is 1. The van der Waals surface area contributed by atoms with Crippen LogP contribution in [-0.2, 0) is 4.79 Å². The van der Waals surface area contributed by atoms with Gasteiger partial charge in [-0.2, -0.15) is 0 Å². The molecular weight excluding hydrogens is 363 g/mol. The Balaban J connectivity index is 0.00000288. The zero-order valence-electron chi connectivity index (χ0n) is 14.9. The van der Waals surface area contributed by atoms with Crippen molar-refractivity contribution in [2.75, 3.05) is 25.0 Å². The zero-order chi connectivity index (χ0) is 16.9. The Morgan fingerprint density at radius 2 is 2.12 bits per heavy atom. The molecule has 1 aliphatic heterocycles. The van der Waals surface area contributed by atoms with E-state index >= 15 is 0 Å². The third-order valence-electron chi connectivity index (χ3n) is 3.65. The van der Waals surface area contributed by atoms with E-state index in [4.69, 9.17) is 5.21 Å². The van der Waals surface area contributed by atoms with E-state index in [1.54, 1.807) is 17.8 Å². The van der Waals surface area contributed by atoms with Crippen molar-refractivity contribution >= 4 is 42.6 Å². The Morgan fingerprint density at radius 3 is 2.68 bits per heavy atom. The van der Waals surface area contributed by atoms with Crippen LogP contribution in [0.1, 0.15) is 32.8 Å². The van der Waals surface area contributed by atoms with Gasteiger partial charge in [-0.25, -0.2) is 10.5 Å². The van der Waals surface area contributed by atoms with Crippen LogP contribution in [0.15, 0.2) is 24.4 Å². The van der Waals surface area contributed by atoms with E-state index in [9.17, 15) is 4.79 Å². The van der Waals surface area contributed by atoms with Crippen molar-refractivity contribution in [1.82, 2.24) is 15.4 Å². The molecule has 1 fully saturated rings. The molecule has 0 unspecified atom stereocenters. The second-order valence-electron chi connectivity index (χ2n) is 7.21. The van der Waals surface area contributed by atoms with Gasteiger partial charge < -0.3 is 10.2 Å². The molecule has 1 amide bonds. The third-order valence-corrected chi connectivity index (χ3v) is 3.65. The Hall–Kier alpha value is -1.34. The molecule has 3 N–H and O–H groups in total. The summed E-state index contributed by atoms with van der Waals surface area (Å²) < 4.78 is 0. The normalized spacial score (nSPS) is 17.7. The highest BCUT2D eigenvalue weighted by Crippen LogP contribution is 2.21. The van der Waals surface area contributed by atoms with Crippen molar-refractivity contribution in [3.63, 3.8) is 0 Å². The van der Waals surface area contributed by atoms with Crippen molar-refractivity contribution in [2.24, 2.45) is 5.41 Å². The monoisotopic (exact) mass is 390 g/mol. The van der Waals surface area contributed by atoms with E-state index in [0.717, 1.165) is 37.4 Å². The largest absolute Gasteiger partial charge is 0.366 e. The lowest BCUT2D eigenvalue weighted by Gasteiger charge is -2.26. The molecule has 1 aromatic heterocycles. The van der Waals surface area contributed by atoms with E-state index in [-0.39, 0.29) is 24.8 Å². The second kappa shape index (κ2) is 10.6. The molecule has 0 aromatic carbocycles. The van der Waals surface area contributed by atoms with Crippen LogP contribution in [-0.4, -0.2) is 46.7 Å². The number of carbonyl (C=O) groups is 1. The molecule has 142 valence electrons. The molecule has 2 rings (SSSR count). The fourth-order valence-electron chi connectivity index (χ4n) is 2.77. The molecule has 0 radical (unpaired) electrons. The Bertz CT molecular complexity index is 559. The minimum atomic E-state index is -0.558. The van der Waals surface area contributed by atoms with Crippen LogP contribution in [0, 0.1) is 5.41 Å². The molecule has 0 aliphatic carbocycles. The third kappa shape index (κ3) is 8.54. The summed E-state index contributed by atoms with van der Waals surface area (Å²) >= 11 is 0. The van der Waals surface area contributed by atoms with Gasteiger partial charge in [0.05, 0.1) is 0 Å². The number of amides is 1. The number of halogens is 2. The fourth-order valence-corrected chi connectivity index (χ4v) is 2.77. The lowest BCUT2D eigenvalue weighted by atomic mass is 9.96. The number of nitrogens with one attached hydrogen (secondary N) is 2. The van der Waals surface area contributed by atoms with Crippen molar-refractivity contribution < 1.29 is 10.0 Å². The summed E-state index contributed by atoms with van der Waals surface area (Å²) in [5.74, 6) is 0.286. The van der Waals surface area contributed by atoms with Crippen LogP contribution in [0.4, 0.5) is 5.82 Å². The number of hydrogen-bond donors (Lipinski definition) is 3. The van der Waals surface area contributed by atoms with Gasteiger partial charge in [0.1, 0.15) is 5.82 Å². The number of aromatic nitrogens is 1. The fraction of sp³-hybridized carbons (Fsp3) is 0.529. The maximum Gasteiger partial charge on any atom is 0.267 e. The van der Waals surface area contributed by atoms with Gasteiger partial charge in [-0.1, -0.05) is 20.8 Å². The quantitative estimate of drug-likeness (QED) is 0.409. The minimum Gasteiger partial charge on any atom is -0.366 e. The number of hydroxylamine groups is 1. The van der Waals surface area contributed by atoms with Crippen molar-refractivity contribution in [3.05, 3.63) is 30.0 Å². The summed E-state index contributed by atoms with van der Waals surface area (Å²) in [4.78, 5) is 17.8. The molecule has 2 heterocycles. The van der Waals surface area contributed by atoms with Gasteiger partial charge in [0, 0.05) is 37.9 Å². The molecule has 8 heteroatoms. The highest BCUT2D eigenvalue weighted by Gasteiger charge is 2.25. The zero-order valence-corrected chi connectivity index (χ0v) is 16.5. The maximum atomic E-state index is 10.9. The standard InChI is InChI=1S/C17H26N4O2.2ClH/c1-17(2,3)12-21-9-8-14(11-21)19-15-6-4-13(10-18-15)5-7-16(22)20-23;;/h4-7,10,14,23H,8-9,11-12H2,1-3H3,(H,18,19)(H,20,22);2*1H/t14-;;/m1../s1. The molecule has 0 spiro atoms. The number of carbonyl (C=O) groups excluding carboxylic acids is 1. The predicted molar refractivity (Wildman–Crippen MR) is 106 cm³/mol. The SMILES string of the molecule is CC(C)(C)CN1CC[C@@H](Nc2ccc(C=CC(=O)NO)cn2)C1.Cl.Cl.